The summed E-state index contributed by atoms with van der Waals surface area (Å²) in [5.74, 6) is 0.485. The normalized spacial score (nSPS) is 12.3. The lowest BCUT2D eigenvalue weighted by atomic mass is 10.1. The summed E-state index contributed by atoms with van der Waals surface area (Å²) in [4.78, 5) is 0.290. The maximum atomic E-state index is 12.1. The Balaban J connectivity index is 2.84. The van der Waals surface area contributed by atoms with Crippen LogP contribution in [0.25, 0.3) is 0 Å². The first kappa shape index (κ1) is 14.0. The summed E-state index contributed by atoms with van der Waals surface area (Å²) in [7, 11) is -1.77. The molecule has 0 radical (unpaired) electrons. The summed E-state index contributed by atoms with van der Waals surface area (Å²) in [5.41, 5.74) is 6.10. The van der Waals surface area contributed by atoms with Crippen LogP contribution in [0, 0.1) is 5.92 Å². The molecule has 0 bridgehead atoms. The van der Waals surface area contributed by atoms with E-state index in [9.17, 15) is 8.42 Å². The van der Waals surface area contributed by atoms with Crippen LogP contribution >= 0.6 is 0 Å². The van der Waals surface area contributed by atoms with Crippen LogP contribution in [0.1, 0.15) is 20.3 Å². The van der Waals surface area contributed by atoms with Crippen molar-refractivity contribution in [3.05, 3.63) is 24.3 Å². The molecule has 0 aromatic heterocycles. The highest BCUT2D eigenvalue weighted by Gasteiger charge is 2.20. The Bertz CT molecular complexity index is 452. The zero-order chi connectivity index (χ0) is 13.1. The Hall–Kier alpha value is -1.07. The summed E-state index contributed by atoms with van der Waals surface area (Å²) < 4.78 is 25.7. The van der Waals surface area contributed by atoms with Gasteiger partial charge in [0.15, 0.2) is 0 Å². The Morgan fingerprint density at radius 2 is 1.76 bits per heavy atom. The van der Waals surface area contributed by atoms with Crippen molar-refractivity contribution in [2.45, 2.75) is 25.2 Å². The molecule has 0 aliphatic rings. The molecule has 1 aromatic rings. The second-order valence-electron chi connectivity index (χ2n) is 4.58. The van der Waals surface area contributed by atoms with E-state index in [1.165, 1.54) is 16.4 Å². The molecule has 0 saturated carbocycles. The molecule has 1 aromatic carbocycles. The molecule has 17 heavy (non-hydrogen) atoms. The van der Waals surface area contributed by atoms with E-state index in [-0.39, 0.29) is 4.90 Å². The van der Waals surface area contributed by atoms with Gasteiger partial charge in [-0.25, -0.2) is 12.7 Å². The molecule has 0 fully saturated rings. The standard InChI is InChI=1S/C12H20N2O2S/c1-10(2)8-9-14(3)17(15,16)12-6-4-11(13)5-7-12/h4-7,10H,8-9,13H2,1-3H3. The van der Waals surface area contributed by atoms with Crippen molar-refractivity contribution in [2.24, 2.45) is 5.92 Å². The largest absolute Gasteiger partial charge is 0.399 e. The van der Waals surface area contributed by atoms with Crippen LogP contribution in [-0.4, -0.2) is 26.3 Å². The average molecular weight is 256 g/mol. The maximum Gasteiger partial charge on any atom is 0.242 e. The number of anilines is 1. The third-order valence-electron chi connectivity index (χ3n) is 2.61. The monoisotopic (exact) mass is 256 g/mol. The summed E-state index contributed by atoms with van der Waals surface area (Å²) >= 11 is 0. The average Bonchev–Trinajstić information content (AvgIpc) is 2.26. The quantitative estimate of drug-likeness (QED) is 0.819. The number of sulfonamides is 1. The SMILES string of the molecule is CC(C)CCN(C)S(=O)(=O)c1ccc(N)cc1. The van der Waals surface area contributed by atoms with E-state index in [1.807, 2.05) is 0 Å². The fraction of sp³-hybridized carbons (Fsp3) is 0.500. The Morgan fingerprint density at radius 3 is 2.24 bits per heavy atom. The third kappa shape index (κ3) is 3.71. The van der Waals surface area contributed by atoms with Crippen molar-refractivity contribution in [1.82, 2.24) is 4.31 Å². The molecule has 4 nitrogen and oxygen atoms in total. The van der Waals surface area contributed by atoms with Gasteiger partial charge in [-0.1, -0.05) is 13.8 Å². The summed E-state index contributed by atoms with van der Waals surface area (Å²) in [5, 5.41) is 0. The zero-order valence-corrected chi connectivity index (χ0v) is 11.4. The molecular weight excluding hydrogens is 236 g/mol. The second kappa shape index (κ2) is 5.51. The smallest absolute Gasteiger partial charge is 0.242 e. The Labute approximate surface area is 103 Å². The Kier molecular flexibility index (Phi) is 4.54. The summed E-state index contributed by atoms with van der Waals surface area (Å²) in [6.07, 6.45) is 0.852. The van der Waals surface area contributed by atoms with Gasteiger partial charge in [-0.2, -0.15) is 0 Å². The van der Waals surface area contributed by atoms with Gasteiger partial charge in [0, 0.05) is 19.3 Å². The Morgan fingerprint density at radius 1 is 1.24 bits per heavy atom. The van der Waals surface area contributed by atoms with Crippen molar-refractivity contribution in [1.29, 1.82) is 0 Å². The summed E-state index contributed by atoms with van der Waals surface area (Å²) in [6.45, 7) is 4.68. The number of nitrogen functional groups attached to an aromatic ring is 1. The highest BCUT2D eigenvalue weighted by atomic mass is 32.2. The molecule has 0 aliphatic carbocycles. The van der Waals surface area contributed by atoms with E-state index in [0.717, 1.165) is 6.42 Å². The molecule has 0 saturated heterocycles. The molecule has 0 unspecified atom stereocenters. The van der Waals surface area contributed by atoms with E-state index in [2.05, 4.69) is 13.8 Å². The van der Waals surface area contributed by atoms with Crippen molar-refractivity contribution in [2.75, 3.05) is 19.3 Å². The van der Waals surface area contributed by atoms with Gasteiger partial charge < -0.3 is 5.73 Å². The second-order valence-corrected chi connectivity index (χ2v) is 6.62. The van der Waals surface area contributed by atoms with Crippen molar-refractivity contribution >= 4 is 15.7 Å². The number of nitrogens with zero attached hydrogens (tertiary/aromatic N) is 1. The number of benzene rings is 1. The van der Waals surface area contributed by atoms with Crippen molar-refractivity contribution in [3.8, 4) is 0 Å². The van der Waals surface area contributed by atoms with E-state index in [1.54, 1.807) is 19.2 Å². The van der Waals surface area contributed by atoms with E-state index >= 15 is 0 Å². The van der Waals surface area contributed by atoms with Gasteiger partial charge in [0.05, 0.1) is 4.90 Å². The number of rotatable bonds is 5. The zero-order valence-electron chi connectivity index (χ0n) is 10.6. The fourth-order valence-corrected chi connectivity index (χ4v) is 2.57. The molecule has 1 rings (SSSR count). The van der Waals surface area contributed by atoms with Crippen LogP contribution in [-0.2, 0) is 10.0 Å². The van der Waals surface area contributed by atoms with E-state index in [0.29, 0.717) is 18.2 Å². The van der Waals surface area contributed by atoms with Gasteiger partial charge in [-0.05, 0) is 36.6 Å². The van der Waals surface area contributed by atoms with Crippen LogP contribution in [0.2, 0.25) is 0 Å². The minimum absolute atomic E-state index is 0.290. The minimum Gasteiger partial charge on any atom is -0.399 e. The number of nitrogens with two attached hydrogens (primary N) is 1. The van der Waals surface area contributed by atoms with Crippen molar-refractivity contribution < 1.29 is 8.42 Å². The molecule has 96 valence electrons. The lowest BCUT2D eigenvalue weighted by Crippen LogP contribution is -2.28. The molecule has 0 atom stereocenters. The molecule has 5 heteroatoms. The van der Waals surface area contributed by atoms with Crippen LogP contribution in [0.15, 0.2) is 29.2 Å². The first-order chi connectivity index (χ1) is 7.84. The number of hydrogen-bond acceptors (Lipinski definition) is 3. The molecule has 2 N–H and O–H groups in total. The fourth-order valence-electron chi connectivity index (χ4n) is 1.38. The van der Waals surface area contributed by atoms with E-state index < -0.39 is 10.0 Å². The number of hydrogen-bond donors (Lipinski definition) is 1. The summed E-state index contributed by atoms with van der Waals surface area (Å²) in [6, 6.07) is 6.28. The van der Waals surface area contributed by atoms with Crippen LogP contribution in [0.5, 0.6) is 0 Å². The van der Waals surface area contributed by atoms with Crippen LogP contribution in [0.3, 0.4) is 0 Å². The topological polar surface area (TPSA) is 63.4 Å². The maximum absolute atomic E-state index is 12.1. The van der Waals surface area contributed by atoms with Gasteiger partial charge in [0.25, 0.3) is 0 Å². The molecule has 0 aliphatic heterocycles. The molecule has 0 heterocycles. The first-order valence-electron chi connectivity index (χ1n) is 5.66. The van der Waals surface area contributed by atoms with Crippen LogP contribution in [0.4, 0.5) is 5.69 Å². The van der Waals surface area contributed by atoms with Gasteiger partial charge in [0.2, 0.25) is 10.0 Å². The van der Waals surface area contributed by atoms with Crippen LogP contribution < -0.4 is 5.73 Å². The van der Waals surface area contributed by atoms with Gasteiger partial charge in [-0.15, -0.1) is 0 Å². The van der Waals surface area contributed by atoms with Crippen molar-refractivity contribution in [3.63, 3.8) is 0 Å². The molecule has 0 spiro atoms. The third-order valence-corrected chi connectivity index (χ3v) is 4.48. The predicted molar refractivity (Wildman–Crippen MR) is 70.1 cm³/mol. The lowest BCUT2D eigenvalue weighted by Gasteiger charge is -2.18. The highest BCUT2D eigenvalue weighted by Crippen LogP contribution is 2.16. The lowest BCUT2D eigenvalue weighted by molar-refractivity contribution is 0.428. The highest BCUT2D eigenvalue weighted by molar-refractivity contribution is 7.89. The van der Waals surface area contributed by atoms with E-state index in [4.69, 9.17) is 5.73 Å². The predicted octanol–water partition coefficient (Wildman–Crippen LogP) is 1.94. The first-order valence-corrected chi connectivity index (χ1v) is 7.10. The van der Waals surface area contributed by atoms with Gasteiger partial charge in [0.1, 0.15) is 0 Å². The minimum atomic E-state index is -3.37. The van der Waals surface area contributed by atoms with Gasteiger partial charge in [-0.3, -0.25) is 0 Å². The molecule has 0 amide bonds. The molecular formula is C12H20N2O2S. The van der Waals surface area contributed by atoms with Gasteiger partial charge >= 0.3 is 0 Å².